The fourth-order valence-corrected chi connectivity index (χ4v) is 1.96. The van der Waals surface area contributed by atoms with Crippen LogP contribution in [-0.4, -0.2) is 34.7 Å². The Morgan fingerprint density at radius 2 is 2.29 bits per heavy atom. The normalized spacial score (nSPS) is 10.2. The van der Waals surface area contributed by atoms with E-state index in [1.165, 1.54) is 11.1 Å². The van der Waals surface area contributed by atoms with Crippen LogP contribution in [0.4, 0.5) is 11.5 Å². The molecule has 2 N–H and O–H groups in total. The molecule has 0 aromatic carbocycles. The van der Waals surface area contributed by atoms with Crippen molar-refractivity contribution < 1.29 is 4.79 Å². The standard InChI is InChI=1S/C13H14ClN5O2/c1-8-3-4-15-10(5-8)17-11(20)7-19(2)9-6-16-18-13(21)12(9)14/h3-6H,7H2,1-2H3,(H,18,21)(H,15,17,20). The summed E-state index contributed by atoms with van der Waals surface area (Å²) in [6, 6.07) is 3.60. The molecule has 0 saturated carbocycles. The van der Waals surface area contributed by atoms with Crippen LogP contribution in [0.1, 0.15) is 5.56 Å². The van der Waals surface area contributed by atoms with Crippen molar-refractivity contribution in [2.75, 3.05) is 23.8 Å². The minimum Gasteiger partial charge on any atom is -0.363 e. The highest BCUT2D eigenvalue weighted by Crippen LogP contribution is 2.18. The Balaban J connectivity index is 2.05. The average Bonchev–Trinajstić information content (AvgIpc) is 2.41. The van der Waals surface area contributed by atoms with Gasteiger partial charge in [0, 0.05) is 13.2 Å². The zero-order valence-electron chi connectivity index (χ0n) is 11.6. The summed E-state index contributed by atoms with van der Waals surface area (Å²) in [6.45, 7) is 1.92. The molecule has 0 atom stereocenters. The first-order chi connectivity index (χ1) is 9.97. The maximum absolute atomic E-state index is 12.0. The van der Waals surface area contributed by atoms with Gasteiger partial charge in [-0.15, -0.1) is 0 Å². The van der Waals surface area contributed by atoms with Crippen LogP contribution in [-0.2, 0) is 4.79 Å². The molecule has 0 saturated heterocycles. The van der Waals surface area contributed by atoms with E-state index < -0.39 is 5.56 Å². The lowest BCUT2D eigenvalue weighted by atomic mass is 10.3. The Bertz CT molecular complexity index is 716. The number of likely N-dealkylation sites (N-methyl/N-ethyl adjacent to an activating group) is 1. The number of anilines is 2. The lowest BCUT2D eigenvalue weighted by molar-refractivity contribution is -0.114. The number of hydrogen-bond acceptors (Lipinski definition) is 5. The second kappa shape index (κ2) is 6.36. The molecule has 0 aliphatic heterocycles. The number of rotatable bonds is 4. The van der Waals surface area contributed by atoms with E-state index >= 15 is 0 Å². The maximum Gasteiger partial charge on any atom is 0.285 e. The molecular weight excluding hydrogens is 294 g/mol. The van der Waals surface area contributed by atoms with Crippen molar-refractivity contribution >= 4 is 29.0 Å². The number of halogens is 1. The third-order valence-electron chi connectivity index (χ3n) is 2.75. The molecule has 0 spiro atoms. The number of aryl methyl sites for hydroxylation is 1. The van der Waals surface area contributed by atoms with Crippen LogP contribution >= 0.6 is 11.6 Å². The quantitative estimate of drug-likeness (QED) is 0.885. The lowest BCUT2D eigenvalue weighted by Gasteiger charge is -2.18. The van der Waals surface area contributed by atoms with Gasteiger partial charge in [0.2, 0.25) is 5.91 Å². The smallest absolute Gasteiger partial charge is 0.285 e. The summed E-state index contributed by atoms with van der Waals surface area (Å²) in [7, 11) is 1.64. The number of carbonyl (C=O) groups is 1. The molecule has 0 unspecified atom stereocenters. The van der Waals surface area contributed by atoms with E-state index in [9.17, 15) is 9.59 Å². The van der Waals surface area contributed by atoms with Gasteiger partial charge in [0.15, 0.2) is 0 Å². The maximum atomic E-state index is 12.0. The number of carbonyl (C=O) groups excluding carboxylic acids is 1. The van der Waals surface area contributed by atoms with E-state index in [4.69, 9.17) is 11.6 Å². The number of aromatic amines is 1. The van der Waals surface area contributed by atoms with Gasteiger partial charge < -0.3 is 10.2 Å². The first-order valence-electron chi connectivity index (χ1n) is 6.14. The van der Waals surface area contributed by atoms with E-state index in [0.29, 0.717) is 11.5 Å². The lowest BCUT2D eigenvalue weighted by Crippen LogP contribution is -2.31. The van der Waals surface area contributed by atoms with Gasteiger partial charge in [0.05, 0.1) is 18.4 Å². The van der Waals surface area contributed by atoms with Crippen molar-refractivity contribution in [2.45, 2.75) is 6.92 Å². The first kappa shape index (κ1) is 15.0. The largest absolute Gasteiger partial charge is 0.363 e. The van der Waals surface area contributed by atoms with Gasteiger partial charge in [0.1, 0.15) is 10.8 Å². The van der Waals surface area contributed by atoms with Gasteiger partial charge in [-0.05, 0) is 24.6 Å². The summed E-state index contributed by atoms with van der Waals surface area (Å²) in [5.41, 5.74) is 0.880. The molecule has 110 valence electrons. The average molecular weight is 308 g/mol. The zero-order valence-corrected chi connectivity index (χ0v) is 12.3. The number of H-pyrrole nitrogens is 1. The molecule has 1 amide bonds. The number of aromatic nitrogens is 3. The summed E-state index contributed by atoms with van der Waals surface area (Å²) in [4.78, 5) is 28.9. The Labute approximate surface area is 126 Å². The third kappa shape index (κ3) is 3.79. The molecule has 0 aliphatic rings. The Morgan fingerprint density at radius 3 is 3.00 bits per heavy atom. The highest BCUT2D eigenvalue weighted by molar-refractivity contribution is 6.33. The molecule has 2 rings (SSSR count). The fraction of sp³-hybridized carbons (Fsp3) is 0.231. The van der Waals surface area contributed by atoms with Gasteiger partial charge in [-0.2, -0.15) is 5.10 Å². The summed E-state index contributed by atoms with van der Waals surface area (Å²) >= 11 is 5.88. The molecule has 0 bridgehead atoms. The second-order valence-electron chi connectivity index (χ2n) is 4.52. The van der Waals surface area contributed by atoms with Crippen LogP contribution in [0.15, 0.2) is 29.3 Å². The van der Waals surface area contributed by atoms with Gasteiger partial charge >= 0.3 is 0 Å². The van der Waals surface area contributed by atoms with Crippen molar-refractivity contribution in [3.8, 4) is 0 Å². The summed E-state index contributed by atoms with van der Waals surface area (Å²) < 4.78 is 0. The molecule has 21 heavy (non-hydrogen) atoms. The van der Waals surface area contributed by atoms with Crippen LogP contribution in [0.3, 0.4) is 0 Å². The SMILES string of the molecule is Cc1ccnc(NC(=O)CN(C)c2cn[nH]c(=O)c2Cl)c1. The molecule has 8 heteroatoms. The van der Waals surface area contributed by atoms with Crippen LogP contribution in [0.25, 0.3) is 0 Å². The highest BCUT2D eigenvalue weighted by atomic mass is 35.5. The Hall–Kier alpha value is -2.41. The molecule has 2 aromatic heterocycles. The summed E-state index contributed by atoms with van der Waals surface area (Å²) in [5, 5.41) is 8.55. The molecule has 0 radical (unpaired) electrons. The van der Waals surface area contributed by atoms with Gasteiger partial charge in [-0.3, -0.25) is 9.59 Å². The van der Waals surface area contributed by atoms with Crippen LogP contribution in [0.2, 0.25) is 5.02 Å². The monoisotopic (exact) mass is 307 g/mol. The summed E-state index contributed by atoms with van der Waals surface area (Å²) in [5.74, 6) is 0.204. The van der Waals surface area contributed by atoms with Gasteiger partial charge in [-0.1, -0.05) is 11.6 Å². The van der Waals surface area contributed by atoms with Gasteiger partial charge in [0.25, 0.3) is 5.56 Å². The van der Waals surface area contributed by atoms with E-state index in [1.54, 1.807) is 19.3 Å². The number of nitrogens with one attached hydrogen (secondary N) is 2. The number of nitrogens with zero attached hydrogens (tertiary/aromatic N) is 3. The second-order valence-corrected chi connectivity index (χ2v) is 4.90. The van der Waals surface area contributed by atoms with E-state index in [2.05, 4.69) is 20.5 Å². The van der Waals surface area contributed by atoms with Crippen LogP contribution in [0, 0.1) is 6.92 Å². The van der Waals surface area contributed by atoms with Crippen molar-refractivity contribution in [1.82, 2.24) is 15.2 Å². The third-order valence-corrected chi connectivity index (χ3v) is 3.12. The fourth-order valence-electron chi connectivity index (χ4n) is 1.73. The molecule has 2 heterocycles. The Morgan fingerprint density at radius 1 is 1.52 bits per heavy atom. The predicted molar refractivity (Wildman–Crippen MR) is 80.7 cm³/mol. The molecule has 0 aliphatic carbocycles. The Kier molecular flexibility index (Phi) is 4.54. The highest BCUT2D eigenvalue weighted by Gasteiger charge is 2.13. The van der Waals surface area contributed by atoms with Crippen molar-refractivity contribution in [2.24, 2.45) is 0 Å². The topological polar surface area (TPSA) is 91.0 Å². The molecule has 7 nitrogen and oxygen atoms in total. The number of pyridine rings is 1. The number of amides is 1. The minimum absolute atomic E-state index is 0.00557. The van der Waals surface area contributed by atoms with Crippen molar-refractivity contribution in [1.29, 1.82) is 0 Å². The predicted octanol–water partition coefficient (Wildman–Crippen LogP) is 1.20. The summed E-state index contributed by atoms with van der Waals surface area (Å²) in [6.07, 6.45) is 3.01. The van der Waals surface area contributed by atoms with Crippen molar-refractivity contribution in [3.05, 3.63) is 45.5 Å². The molecule has 2 aromatic rings. The van der Waals surface area contributed by atoms with E-state index in [1.807, 2.05) is 13.0 Å². The molecular formula is C13H14ClN5O2. The minimum atomic E-state index is -0.498. The van der Waals surface area contributed by atoms with Gasteiger partial charge in [-0.25, -0.2) is 10.1 Å². The van der Waals surface area contributed by atoms with Crippen LogP contribution < -0.4 is 15.8 Å². The molecule has 0 fully saturated rings. The zero-order chi connectivity index (χ0) is 15.4. The number of hydrogen-bond donors (Lipinski definition) is 2. The van der Waals surface area contributed by atoms with E-state index in [0.717, 1.165) is 5.56 Å². The van der Waals surface area contributed by atoms with E-state index in [-0.39, 0.29) is 17.5 Å². The van der Waals surface area contributed by atoms with Crippen molar-refractivity contribution in [3.63, 3.8) is 0 Å². The van der Waals surface area contributed by atoms with Crippen LogP contribution in [0.5, 0.6) is 0 Å². The first-order valence-corrected chi connectivity index (χ1v) is 6.52.